The molecule has 1 N–H and O–H groups in total. The molecule has 0 saturated carbocycles. The summed E-state index contributed by atoms with van der Waals surface area (Å²) in [5, 5.41) is 13.4. The smallest absolute Gasteiger partial charge is 0.263 e. The summed E-state index contributed by atoms with van der Waals surface area (Å²) >= 11 is 1.50. The molecule has 0 unspecified atom stereocenters. The van der Waals surface area contributed by atoms with Crippen molar-refractivity contribution >= 4 is 34.7 Å². The minimum Gasteiger partial charge on any atom is -0.338 e. The summed E-state index contributed by atoms with van der Waals surface area (Å²) in [4.78, 5) is 30.4. The van der Waals surface area contributed by atoms with Crippen LogP contribution in [0.1, 0.15) is 40.4 Å². The molecule has 2 fully saturated rings. The average Bonchev–Trinajstić information content (AvgIpc) is 3.60. The van der Waals surface area contributed by atoms with Crippen molar-refractivity contribution < 1.29 is 9.59 Å². The molecule has 4 heterocycles. The van der Waals surface area contributed by atoms with Gasteiger partial charge in [0.15, 0.2) is 5.82 Å². The Morgan fingerprint density at radius 2 is 1.85 bits per heavy atom. The van der Waals surface area contributed by atoms with Crippen LogP contribution in [-0.2, 0) is 4.79 Å². The molecule has 5 rings (SSSR count). The van der Waals surface area contributed by atoms with E-state index in [-0.39, 0.29) is 17.7 Å². The number of nitrogens with zero attached hydrogens (tertiary/aromatic N) is 4. The SMILES string of the molecule is O=C(c1cccs1)N1CCC(c2ccc(N(C(=O)[C@H]3CCNC3)c3cccnn3)cc2)CC1. The minimum atomic E-state index is -0.0584. The Balaban J connectivity index is 1.29. The summed E-state index contributed by atoms with van der Waals surface area (Å²) in [6.45, 7) is 3.08. The minimum absolute atomic E-state index is 0.0497. The first kappa shape index (κ1) is 21.7. The summed E-state index contributed by atoms with van der Waals surface area (Å²) in [6.07, 6.45) is 4.33. The number of thiophene rings is 1. The monoisotopic (exact) mass is 461 g/mol. The molecule has 0 spiro atoms. The summed E-state index contributed by atoms with van der Waals surface area (Å²) < 4.78 is 0. The molecule has 8 heteroatoms. The van der Waals surface area contributed by atoms with Crippen LogP contribution in [0.15, 0.2) is 60.1 Å². The Morgan fingerprint density at radius 3 is 2.48 bits per heavy atom. The maximum Gasteiger partial charge on any atom is 0.263 e. The standard InChI is InChI=1S/C25H27N5O2S/c31-24(20-9-13-26-17-20)30(23-4-1-12-27-28-23)21-7-5-18(6-8-21)19-10-14-29(15-11-19)25(32)22-3-2-16-33-22/h1-8,12,16,19-20,26H,9-11,13-15,17H2/t20-/m0/s1. The molecule has 0 aliphatic carbocycles. The van der Waals surface area contributed by atoms with Crippen LogP contribution in [-0.4, -0.2) is 53.1 Å². The van der Waals surface area contributed by atoms with Crippen molar-refractivity contribution in [3.63, 3.8) is 0 Å². The van der Waals surface area contributed by atoms with Crippen LogP contribution in [0, 0.1) is 5.92 Å². The van der Waals surface area contributed by atoms with Gasteiger partial charge in [-0.2, -0.15) is 5.10 Å². The number of hydrogen-bond donors (Lipinski definition) is 1. The fraction of sp³-hybridized carbons (Fsp3) is 0.360. The number of rotatable bonds is 5. The van der Waals surface area contributed by atoms with Gasteiger partial charge in [-0.15, -0.1) is 16.4 Å². The zero-order valence-corrected chi connectivity index (χ0v) is 19.2. The fourth-order valence-electron chi connectivity index (χ4n) is 4.70. The molecule has 2 aromatic heterocycles. The molecule has 2 saturated heterocycles. The van der Waals surface area contributed by atoms with Crippen molar-refractivity contribution in [1.29, 1.82) is 0 Å². The number of anilines is 2. The lowest BCUT2D eigenvalue weighted by Gasteiger charge is -2.32. The van der Waals surface area contributed by atoms with Crippen LogP contribution in [0.25, 0.3) is 0 Å². The van der Waals surface area contributed by atoms with E-state index in [1.807, 2.05) is 40.6 Å². The Kier molecular flexibility index (Phi) is 6.46. The van der Waals surface area contributed by atoms with Crippen LogP contribution in [0.2, 0.25) is 0 Å². The van der Waals surface area contributed by atoms with Crippen molar-refractivity contribution in [3.05, 3.63) is 70.5 Å². The number of aromatic nitrogens is 2. The van der Waals surface area contributed by atoms with E-state index in [9.17, 15) is 9.59 Å². The van der Waals surface area contributed by atoms with E-state index in [1.54, 1.807) is 17.2 Å². The molecule has 3 aromatic rings. The lowest BCUT2D eigenvalue weighted by molar-refractivity contribution is -0.121. The summed E-state index contributed by atoms with van der Waals surface area (Å²) in [7, 11) is 0. The number of benzene rings is 1. The Labute approximate surface area is 197 Å². The quantitative estimate of drug-likeness (QED) is 0.625. The number of likely N-dealkylation sites (tertiary alicyclic amines) is 1. The van der Waals surface area contributed by atoms with Crippen LogP contribution in [0.5, 0.6) is 0 Å². The first-order valence-corrected chi connectivity index (χ1v) is 12.3. The molecule has 2 aliphatic rings. The second kappa shape index (κ2) is 9.80. The number of amides is 2. The summed E-state index contributed by atoms with van der Waals surface area (Å²) in [5.74, 6) is 1.08. The molecule has 1 atom stereocenters. The second-order valence-corrected chi connectivity index (χ2v) is 9.53. The van der Waals surface area contributed by atoms with Gasteiger partial charge in [0.25, 0.3) is 5.91 Å². The second-order valence-electron chi connectivity index (χ2n) is 8.58. The number of carbonyl (C=O) groups is 2. The highest BCUT2D eigenvalue weighted by Crippen LogP contribution is 2.32. The molecule has 0 bridgehead atoms. The van der Waals surface area contributed by atoms with Gasteiger partial charge >= 0.3 is 0 Å². The van der Waals surface area contributed by atoms with Gasteiger partial charge in [-0.3, -0.25) is 14.5 Å². The van der Waals surface area contributed by atoms with Crippen molar-refractivity contribution in [1.82, 2.24) is 20.4 Å². The van der Waals surface area contributed by atoms with Crippen LogP contribution >= 0.6 is 11.3 Å². The lowest BCUT2D eigenvalue weighted by atomic mass is 9.89. The summed E-state index contributed by atoms with van der Waals surface area (Å²) in [6, 6.07) is 15.7. The number of piperidine rings is 1. The molecule has 2 amide bonds. The average molecular weight is 462 g/mol. The van der Waals surface area contributed by atoms with E-state index in [1.165, 1.54) is 16.9 Å². The fourth-order valence-corrected chi connectivity index (χ4v) is 5.39. The molecule has 7 nitrogen and oxygen atoms in total. The molecule has 170 valence electrons. The molecular formula is C25H27N5O2S. The maximum atomic E-state index is 13.3. The normalized spacial score (nSPS) is 18.9. The summed E-state index contributed by atoms with van der Waals surface area (Å²) in [5.41, 5.74) is 2.05. The highest BCUT2D eigenvalue weighted by molar-refractivity contribution is 7.12. The molecule has 2 aliphatic heterocycles. The largest absolute Gasteiger partial charge is 0.338 e. The van der Waals surface area contributed by atoms with Gasteiger partial charge in [0.1, 0.15) is 0 Å². The highest BCUT2D eigenvalue weighted by Gasteiger charge is 2.30. The van der Waals surface area contributed by atoms with Gasteiger partial charge in [0.2, 0.25) is 5.91 Å². The zero-order valence-electron chi connectivity index (χ0n) is 18.4. The Bertz CT molecular complexity index is 1070. The van der Waals surface area contributed by atoms with Gasteiger partial charge < -0.3 is 10.2 Å². The van der Waals surface area contributed by atoms with Gasteiger partial charge in [0.05, 0.1) is 16.5 Å². The number of hydrogen-bond acceptors (Lipinski definition) is 6. The van der Waals surface area contributed by atoms with Gasteiger partial charge in [-0.05, 0) is 73.0 Å². The van der Waals surface area contributed by atoms with Gasteiger partial charge in [-0.25, -0.2) is 0 Å². The van der Waals surface area contributed by atoms with Crippen LogP contribution < -0.4 is 10.2 Å². The third kappa shape index (κ3) is 4.67. The topological polar surface area (TPSA) is 78.4 Å². The maximum absolute atomic E-state index is 13.3. The predicted octanol–water partition coefficient (Wildman–Crippen LogP) is 3.83. The van der Waals surface area contributed by atoms with Crippen molar-refractivity contribution in [3.8, 4) is 0 Å². The first-order valence-electron chi connectivity index (χ1n) is 11.5. The van der Waals surface area contributed by atoms with E-state index in [2.05, 4.69) is 27.6 Å². The Hall–Kier alpha value is -3.10. The van der Waals surface area contributed by atoms with Crippen molar-refractivity contribution in [2.45, 2.75) is 25.2 Å². The van der Waals surface area contributed by atoms with E-state index in [4.69, 9.17) is 0 Å². The van der Waals surface area contributed by atoms with E-state index in [0.29, 0.717) is 18.3 Å². The van der Waals surface area contributed by atoms with E-state index >= 15 is 0 Å². The van der Waals surface area contributed by atoms with Gasteiger partial charge in [0, 0.05) is 25.8 Å². The molecule has 33 heavy (non-hydrogen) atoms. The van der Waals surface area contributed by atoms with E-state index in [0.717, 1.165) is 49.5 Å². The number of nitrogens with one attached hydrogen (secondary N) is 1. The third-order valence-electron chi connectivity index (χ3n) is 6.55. The zero-order chi connectivity index (χ0) is 22.6. The third-order valence-corrected chi connectivity index (χ3v) is 7.41. The van der Waals surface area contributed by atoms with Crippen molar-refractivity contribution in [2.24, 2.45) is 5.92 Å². The van der Waals surface area contributed by atoms with Gasteiger partial charge in [-0.1, -0.05) is 18.2 Å². The first-order chi connectivity index (χ1) is 16.2. The Morgan fingerprint density at radius 1 is 1.03 bits per heavy atom. The molecular weight excluding hydrogens is 434 g/mol. The van der Waals surface area contributed by atoms with Crippen molar-refractivity contribution in [2.75, 3.05) is 31.1 Å². The molecule has 1 aromatic carbocycles. The molecule has 0 radical (unpaired) electrons. The number of carbonyl (C=O) groups excluding carboxylic acids is 2. The van der Waals surface area contributed by atoms with Crippen LogP contribution in [0.3, 0.4) is 0 Å². The van der Waals surface area contributed by atoms with E-state index < -0.39 is 0 Å². The van der Waals surface area contributed by atoms with Crippen LogP contribution in [0.4, 0.5) is 11.5 Å². The highest BCUT2D eigenvalue weighted by atomic mass is 32.1. The predicted molar refractivity (Wildman–Crippen MR) is 129 cm³/mol. The lowest BCUT2D eigenvalue weighted by Crippen LogP contribution is -2.37.